The normalized spacial score (nSPS) is 13.8. The first-order chi connectivity index (χ1) is 17.0. The summed E-state index contributed by atoms with van der Waals surface area (Å²) in [5.74, 6) is -1.48. The van der Waals surface area contributed by atoms with E-state index in [0.29, 0.717) is 32.4 Å². The van der Waals surface area contributed by atoms with Crippen LogP contribution in [0.5, 0.6) is 0 Å². The first kappa shape index (κ1) is 32.4. The number of carbonyl (C=O) groups is 6. The van der Waals surface area contributed by atoms with Gasteiger partial charge in [-0.1, -0.05) is 0 Å². The molecule has 0 aromatic rings. The molecule has 2 unspecified atom stereocenters. The number of carbonyl (C=O) groups excluding carboxylic acids is 6. The Kier molecular flexibility index (Phi) is 16.0. The molecular formula is C23H39N5O8. The summed E-state index contributed by atoms with van der Waals surface area (Å²) in [7, 11) is 1.50. The largest absolute Gasteiger partial charge is 0.450 e. The second-order valence-electron chi connectivity index (χ2n) is 7.89. The molecular weight excluding hydrogens is 474 g/mol. The number of likely N-dealkylation sites (N-methyl/N-ethyl adjacent to an activating group) is 1. The maximum absolute atomic E-state index is 11.6. The van der Waals surface area contributed by atoms with E-state index < -0.39 is 36.1 Å². The summed E-state index contributed by atoms with van der Waals surface area (Å²) in [6, 6.07) is -1.42. The van der Waals surface area contributed by atoms with Crippen molar-refractivity contribution in [2.24, 2.45) is 0 Å². The fourth-order valence-corrected chi connectivity index (χ4v) is 2.92. The quantitative estimate of drug-likeness (QED) is 0.217. The molecule has 0 spiro atoms. The lowest BCUT2D eigenvalue weighted by Crippen LogP contribution is -2.49. The second-order valence-corrected chi connectivity index (χ2v) is 7.89. The van der Waals surface area contributed by atoms with Crippen LogP contribution in [-0.2, 0) is 28.7 Å². The molecule has 2 atom stereocenters. The number of unbranched alkanes of at least 4 members (excludes halogenated alkanes) is 1. The number of hydrogen-bond acceptors (Lipinski definition) is 8. The van der Waals surface area contributed by atoms with Gasteiger partial charge in [-0.05, 0) is 53.9 Å². The smallest absolute Gasteiger partial charge is 0.407 e. The summed E-state index contributed by atoms with van der Waals surface area (Å²) in [5, 5.41) is 10.2. The molecule has 0 aromatic heterocycles. The number of amides is 6. The van der Waals surface area contributed by atoms with Crippen molar-refractivity contribution in [3.63, 3.8) is 0 Å². The van der Waals surface area contributed by atoms with E-state index in [9.17, 15) is 28.8 Å². The Morgan fingerprint density at radius 2 is 1.42 bits per heavy atom. The lowest BCUT2D eigenvalue weighted by Gasteiger charge is -2.22. The average Bonchev–Trinajstić information content (AvgIpc) is 3.15. The third-order valence-corrected chi connectivity index (χ3v) is 4.64. The highest BCUT2D eigenvalue weighted by Gasteiger charge is 2.32. The zero-order valence-corrected chi connectivity index (χ0v) is 21.8. The van der Waals surface area contributed by atoms with Gasteiger partial charge in [0.25, 0.3) is 11.8 Å². The van der Waals surface area contributed by atoms with Crippen LogP contribution in [0.2, 0.25) is 0 Å². The fourth-order valence-electron chi connectivity index (χ4n) is 2.92. The molecule has 1 aliphatic rings. The van der Waals surface area contributed by atoms with Crippen LogP contribution in [0, 0.1) is 0 Å². The first-order valence-electron chi connectivity index (χ1n) is 11.9. The predicted molar refractivity (Wildman–Crippen MR) is 131 cm³/mol. The molecule has 204 valence electrons. The van der Waals surface area contributed by atoms with Crippen LogP contribution in [0.15, 0.2) is 12.2 Å². The molecule has 0 radical (unpaired) electrons. The lowest BCUT2D eigenvalue weighted by atomic mass is 10.1. The van der Waals surface area contributed by atoms with Crippen molar-refractivity contribution in [2.75, 3.05) is 26.8 Å². The molecule has 4 N–H and O–H groups in total. The van der Waals surface area contributed by atoms with E-state index in [-0.39, 0.29) is 24.5 Å². The van der Waals surface area contributed by atoms with E-state index in [1.807, 2.05) is 13.8 Å². The van der Waals surface area contributed by atoms with Crippen molar-refractivity contribution in [2.45, 2.75) is 72.0 Å². The van der Waals surface area contributed by atoms with Crippen molar-refractivity contribution in [3.05, 3.63) is 12.2 Å². The molecule has 13 nitrogen and oxygen atoms in total. The third kappa shape index (κ3) is 12.7. The lowest BCUT2D eigenvalue weighted by molar-refractivity contribution is -0.144. The fraction of sp³-hybridized carbons (Fsp3) is 0.652. The van der Waals surface area contributed by atoms with Crippen LogP contribution in [0.3, 0.4) is 0 Å². The zero-order chi connectivity index (χ0) is 27.7. The van der Waals surface area contributed by atoms with Gasteiger partial charge in [0.1, 0.15) is 12.1 Å². The monoisotopic (exact) mass is 513 g/mol. The van der Waals surface area contributed by atoms with E-state index in [4.69, 9.17) is 9.47 Å². The topological polar surface area (TPSA) is 172 Å². The Balaban J connectivity index is 0.000000717. The minimum atomic E-state index is -0.762. The third-order valence-electron chi connectivity index (χ3n) is 4.64. The average molecular weight is 514 g/mol. The zero-order valence-electron chi connectivity index (χ0n) is 21.8. The minimum Gasteiger partial charge on any atom is -0.450 e. The standard InChI is InChI=1S/C13H25N3O5.C10H14N2O3/c1-4-20-12(18)15-9-7-6-8-10(11(17)14-3)16-13(19)21-5-2;1-6(2)11-10(15)7(3)12-8(13)4-5-9(12)14/h10H,4-9H2,1-3H3,(H,14,17)(H,15,18)(H,16,19);4-7H,1-3H3,(H,11,15). The van der Waals surface area contributed by atoms with Gasteiger partial charge in [-0.25, -0.2) is 9.59 Å². The van der Waals surface area contributed by atoms with Gasteiger partial charge in [-0.2, -0.15) is 0 Å². The Labute approximate surface area is 211 Å². The number of nitrogens with one attached hydrogen (secondary N) is 4. The molecule has 0 aromatic carbocycles. The number of nitrogens with zero attached hydrogens (tertiary/aromatic N) is 1. The Morgan fingerprint density at radius 1 is 0.861 bits per heavy atom. The molecule has 1 aliphatic heterocycles. The molecule has 0 fully saturated rings. The van der Waals surface area contributed by atoms with Gasteiger partial charge in [0.15, 0.2) is 0 Å². The summed E-state index contributed by atoms with van der Waals surface area (Å²) in [6.45, 7) is 9.61. The Bertz CT molecular complexity index is 781. The van der Waals surface area contributed by atoms with Gasteiger partial charge in [0, 0.05) is 31.8 Å². The van der Waals surface area contributed by atoms with Crippen molar-refractivity contribution < 1.29 is 38.2 Å². The molecule has 1 heterocycles. The number of imide groups is 1. The molecule has 6 amide bonds. The highest BCUT2D eigenvalue weighted by molar-refractivity contribution is 6.15. The van der Waals surface area contributed by atoms with Gasteiger partial charge in [-0.15, -0.1) is 0 Å². The van der Waals surface area contributed by atoms with Crippen molar-refractivity contribution in [1.82, 2.24) is 26.2 Å². The van der Waals surface area contributed by atoms with E-state index in [2.05, 4.69) is 21.3 Å². The first-order valence-corrected chi connectivity index (χ1v) is 11.9. The molecule has 1 rings (SSSR count). The molecule has 36 heavy (non-hydrogen) atoms. The van der Waals surface area contributed by atoms with E-state index >= 15 is 0 Å². The van der Waals surface area contributed by atoms with Crippen LogP contribution >= 0.6 is 0 Å². The second kappa shape index (κ2) is 17.7. The van der Waals surface area contributed by atoms with Gasteiger partial charge in [-0.3, -0.25) is 24.1 Å². The number of ether oxygens (including phenoxy) is 2. The van der Waals surface area contributed by atoms with Crippen molar-refractivity contribution >= 4 is 35.8 Å². The van der Waals surface area contributed by atoms with Crippen LogP contribution in [0.25, 0.3) is 0 Å². The van der Waals surface area contributed by atoms with Gasteiger partial charge in [0.05, 0.1) is 13.2 Å². The van der Waals surface area contributed by atoms with Crippen LogP contribution < -0.4 is 21.3 Å². The molecule has 0 saturated carbocycles. The van der Waals surface area contributed by atoms with Gasteiger partial charge in [0.2, 0.25) is 11.8 Å². The molecule has 13 heteroatoms. The molecule has 0 bridgehead atoms. The molecule has 0 aliphatic carbocycles. The summed E-state index contributed by atoms with van der Waals surface area (Å²) in [6.07, 6.45) is 3.07. The Hall–Kier alpha value is -3.64. The number of alkyl carbamates (subject to hydrolysis) is 2. The van der Waals surface area contributed by atoms with E-state index in [1.54, 1.807) is 13.8 Å². The predicted octanol–water partition coefficient (Wildman–Crippen LogP) is 0.588. The maximum Gasteiger partial charge on any atom is 0.407 e. The Morgan fingerprint density at radius 3 is 1.92 bits per heavy atom. The minimum absolute atomic E-state index is 0.0132. The maximum atomic E-state index is 11.6. The summed E-state index contributed by atoms with van der Waals surface area (Å²) < 4.78 is 9.47. The van der Waals surface area contributed by atoms with Crippen LogP contribution in [0.1, 0.15) is 53.9 Å². The van der Waals surface area contributed by atoms with Crippen LogP contribution in [0.4, 0.5) is 9.59 Å². The summed E-state index contributed by atoms with van der Waals surface area (Å²) in [5.41, 5.74) is 0. The van der Waals surface area contributed by atoms with Gasteiger partial charge < -0.3 is 30.7 Å². The SMILES string of the molecule is CC(C)NC(=O)C(C)N1C(=O)C=CC1=O.CCOC(=O)NCCCCC(NC(=O)OCC)C(=O)NC. The van der Waals surface area contributed by atoms with Crippen LogP contribution in [-0.4, -0.2) is 85.6 Å². The van der Waals surface area contributed by atoms with Crippen molar-refractivity contribution in [1.29, 1.82) is 0 Å². The number of rotatable bonds is 12. The van der Waals surface area contributed by atoms with Gasteiger partial charge >= 0.3 is 12.2 Å². The van der Waals surface area contributed by atoms with E-state index in [1.165, 1.54) is 26.1 Å². The number of hydrogen-bond donors (Lipinski definition) is 4. The van der Waals surface area contributed by atoms with Crippen molar-refractivity contribution in [3.8, 4) is 0 Å². The highest BCUT2D eigenvalue weighted by atomic mass is 16.6. The summed E-state index contributed by atoms with van der Waals surface area (Å²) in [4.78, 5) is 69.0. The highest BCUT2D eigenvalue weighted by Crippen LogP contribution is 2.09. The molecule has 0 saturated heterocycles. The summed E-state index contributed by atoms with van der Waals surface area (Å²) >= 11 is 0. The van der Waals surface area contributed by atoms with E-state index in [0.717, 1.165) is 4.90 Å².